The van der Waals surface area contributed by atoms with Crippen LogP contribution in [0.3, 0.4) is 0 Å². The lowest BCUT2D eigenvalue weighted by molar-refractivity contribution is -0.143. The lowest BCUT2D eigenvalue weighted by Crippen LogP contribution is -2.22. The summed E-state index contributed by atoms with van der Waals surface area (Å²) in [6.45, 7) is 1.64. The molecule has 0 aliphatic carbocycles. The third kappa shape index (κ3) is 5.35. The number of para-hydroxylation sites is 2. The number of halogens is 4. The standard InChI is InChI=1S/C25H19F4N5O2/c1-15-11-12-17(32-24(36)31-16-7-3-2-4-8-16)13-20(15)33-23(35)18-14-30-34(22(18)25(27,28)29)21-10-6-5-9-19(21)26/h2-14H,1H3,(H,33,35)(H2,31,32,36). The second kappa shape index (κ2) is 9.90. The predicted octanol–water partition coefficient (Wildman–Crippen LogP) is 6.23. The SMILES string of the molecule is Cc1ccc(NC(=O)Nc2ccccc2)cc1NC(=O)c1cnn(-c2ccccc2F)c1C(F)(F)F. The van der Waals surface area contributed by atoms with E-state index in [0.29, 0.717) is 21.6 Å². The summed E-state index contributed by atoms with van der Waals surface area (Å²) < 4.78 is 56.2. The van der Waals surface area contributed by atoms with Crippen LogP contribution in [0.5, 0.6) is 0 Å². The van der Waals surface area contributed by atoms with Crippen molar-refractivity contribution in [2.24, 2.45) is 0 Å². The van der Waals surface area contributed by atoms with Gasteiger partial charge in [-0.25, -0.2) is 13.9 Å². The van der Waals surface area contributed by atoms with Crippen molar-refractivity contribution in [2.75, 3.05) is 16.0 Å². The molecule has 4 rings (SSSR count). The second-order valence-electron chi connectivity index (χ2n) is 7.70. The van der Waals surface area contributed by atoms with E-state index < -0.39 is 40.9 Å². The Labute approximate surface area is 202 Å². The summed E-state index contributed by atoms with van der Waals surface area (Å²) in [5, 5.41) is 11.3. The Morgan fingerprint density at radius 3 is 2.22 bits per heavy atom. The molecule has 0 saturated carbocycles. The maximum atomic E-state index is 14.2. The number of carbonyl (C=O) groups excluding carboxylic acids is 2. The summed E-state index contributed by atoms with van der Waals surface area (Å²) in [6.07, 6.45) is -4.27. The Bertz CT molecular complexity index is 1420. The summed E-state index contributed by atoms with van der Waals surface area (Å²) in [5.41, 5.74) is -1.10. The van der Waals surface area contributed by atoms with Gasteiger partial charge < -0.3 is 16.0 Å². The van der Waals surface area contributed by atoms with E-state index in [0.717, 1.165) is 18.3 Å². The molecule has 0 bridgehead atoms. The predicted molar refractivity (Wildman–Crippen MR) is 127 cm³/mol. The van der Waals surface area contributed by atoms with Gasteiger partial charge in [0.1, 0.15) is 11.5 Å². The van der Waals surface area contributed by atoms with E-state index in [9.17, 15) is 27.2 Å². The number of benzene rings is 3. The minimum Gasteiger partial charge on any atom is -0.322 e. The number of carbonyl (C=O) groups is 2. The minimum absolute atomic E-state index is 0.171. The highest BCUT2D eigenvalue weighted by atomic mass is 19.4. The Balaban J connectivity index is 1.58. The van der Waals surface area contributed by atoms with Crippen molar-refractivity contribution >= 4 is 29.0 Å². The fraction of sp³-hybridized carbons (Fsp3) is 0.0800. The van der Waals surface area contributed by atoms with Gasteiger partial charge in [-0.15, -0.1) is 0 Å². The number of hydrogen-bond acceptors (Lipinski definition) is 3. The Morgan fingerprint density at radius 1 is 0.861 bits per heavy atom. The van der Waals surface area contributed by atoms with Crippen LogP contribution in [0, 0.1) is 12.7 Å². The number of urea groups is 1. The van der Waals surface area contributed by atoms with Gasteiger partial charge in [0.15, 0.2) is 5.69 Å². The molecule has 0 unspecified atom stereocenters. The molecule has 0 atom stereocenters. The van der Waals surface area contributed by atoms with Crippen LogP contribution in [0.1, 0.15) is 21.6 Å². The van der Waals surface area contributed by atoms with Gasteiger partial charge in [-0.1, -0.05) is 36.4 Å². The lowest BCUT2D eigenvalue weighted by Gasteiger charge is -2.14. The van der Waals surface area contributed by atoms with Crippen molar-refractivity contribution in [3.63, 3.8) is 0 Å². The fourth-order valence-electron chi connectivity index (χ4n) is 3.43. The quantitative estimate of drug-likeness (QED) is 0.286. The molecule has 0 aliphatic heterocycles. The number of rotatable bonds is 5. The zero-order valence-corrected chi connectivity index (χ0v) is 18.7. The summed E-state index contributed by atoms with van der Waals surface area (Å²) >= 11 is 0. The maximum absolute atomic E-state index is 14.2. The molecular formula is C25H19F4N5O2. The third-order valence-electron chi connectivity index (χ3n) is 5.14. The minimum atomic E-state index is -5.00. The van der Waals surface area contributed by atoms with Crippen molar-refractivity contribution in [3.8, 4) is 5.69 Å². The lowest BCUT2D eigenvalue weighted by atomic mass is 10.1. The first-order valence-electron chi connectivity index (χ1n) is 10.6. The number of hydrogen-bond donors (Lipinski definition) is 3. The molecule has 4 aromatic rings. The van der Waals surface area contributed by atoms with E-state index in [1.54, 1.807) is 49.4 Å². The van der Waals surface area contributed by atoms with Crippen LogP contribution in [0.2, 0.25) is 0 Å². The number of anilines is 3. The van der Waals surface area contributed by atoms with Crippen LogP contribution in [0.15, 0.2) is 79.0 Å². The Morgan fingerprint density at radius 2 is 1.53 bits per heavy atom. The topological polar surface area (TPSA) is 88.1 Å². The zero-order chi connectivity index (χ0) is 25.9. The second-order valence-corrected chi connectivity index (χ2v) is 7.70. The molecule has 0 saturated heterocycles. The van der Waals surface area contributed by atoms with Gasteiger partial charge in [-0.3, -0.25) is 4.79 Å². The molecule has 7 nitrogen and oxygen atoms in total. The van der Waals surface area contributed by atoms with Gasteiger partial charge in [0.25, 0.3) is 5.91 Å². The number of aryl methyl sites for hydroxylation is 1. The number of alkyl halides is 3. The van der Waals surface area contributed by atoms with Gasteiger partial charge in [0.05, 0.1) is 11.8 Å². The zero-order valence-electron chi connectivity index (χ0n) is 18.7. The van der Waals surface area contributed by atoms with Crippen LogP contribution in [0.4, 0.5) is 39.4 Å². The van der Waals surface area contributed by atoms with E-state index in [1.165, 1.54) is 18.2 Å². The van der Waals surface area contributed by atoms with E-state index in [-0.39, 0.29) is 5.69 Å². The van der Waals surface area contributed by atoms with Gasteiger partial charge >= 0.3 is 12.2 Å². The smallest absolute Gasteiger partial charge is 0.322 e. The molecule has 3 N–H and O–H groups in total. The van der Waals surface area contributed by atoms with Crippen LogP contribution in [-0.4, -0.2) is 21.7 Å². The maximum Gasteiger partial charge on any atom is 0.434 e. The first-order valence-corrected chi connectivity index (χ1v) is 10.6. The molecular weight excluding hydrogens is 478 g/mol. The van der Waals surface area contributed by atoms with Gasteiger partial charge in [-0.05, 0) is 48.9 Å². The number of amides is 3. The largest absolute Gasteiger partial charge is 0.434 e. The van der Waals surface area contributed by atoms with Crippen molar-refractivity contribution in [3.05, 3.63) is 102 Å². The van der Waals surface area contributed by atoms with Crippen molar-refractivity contribution in [2.45, 2.75) is 13.1 Å². The van der Waals surface area contributed by atoms with E-state index in [2.05, 4.69) is 21.0 Å². The highest BCUT2D eigenvalue weighted by molar-refractivity contribution is 6.06. The molecule has 0 aliphatic rings. The monoisotopic (exact) mass is 497 g/mol. The van der Waals surface area contributed by atoms with Crippen molar-refractivity contribution < 1.29 is 27.2 Å². The van der Waals surface area contributed by atoms with Gasteiger partial charge in [0.2, 0.25) is 0 Å². The van der Waals surface area contributed by atoms with Gasteiger partial charge in [0, 0.05) is 17.1 Å². The molecule has 3 aromatic carbocycles. The van der Waals surface area contributed by atoms with Crippen molar-refractivity contribution in [1.82, 2.24) is 9.78 Å². The summed E-state index contributed by atoms with van der Waals surface area (Å²) in [5.74, 6) is -2.03. The van der Waals surface area contributed by atoms with E-state index in [4.69, 9.17) is 0 Å². The van der Waals surface area contributed by atoms with Gasteiger partial charge in [-0.2, -0.15) is 18.3 Å². The summed E-state index contributed by atoms with van der Waals surface area (Å²) in [6, 6.07) is 17.5. The third-order valence-corrected chi connectivity index (χ3v) is 5.14. The number of nitrogens with one attached hydrogen (secondary N) is 3. The van der Waals surface area contributed by atoms with E-state index >= 15 is 0 Å². The molecule has 3 amide bonds. The number of aromatic nitrogens is 2. The highest BCUT2D eigenvalue weighted by Gasteiger charge is 2.41. The van der Waals surface area contributed by atoms with Crippen molar-refractivity contribution in [1.29, 1.82) is 0 Å². The van der Waals surface area contributed by atoms with Crippen LogP contribution in [-0.2, 0) is 6.18 Å². The average molecular weight is 497 g/mol. The average Bonchev–Trinajstić information content (AvgIpc) is 3.28. The fourth-order valence-corrected chi connectivity index (χ4v) is 3.43. The first kappa shape index (κ1) is 24.5. The van der Waals surface area contributed by atoms with Crippen LogP contribution in [0.25, 0.3) is 5.69 Å². The Hall–Kier alpha value is -4.67. The van der Waals surface area contributed by atoms with E-state index in [1.807, 2.05) is 0 Å². The summed E-state index contributed by atoms with van der Waals surface area (Å²) in [4.78, 5) is 25.1. The molecule has 0 radical (unpaired) electrons. The molecule has 0 spiro atoms. The Kier molecular flexibility index (Phi) is 6.73. The highest BCUT2D eigenvalue weighted by Crippen LogP contribution is 2.34. The van der Waals surface area contributed by atoms with Crippen LogP contribution < -0.4 is 16.0 Å². The van der Waals surface area contributed by atoms with Crippen LogP contribution >= 0.6 is 0 Å². The first-order chi connectivity index (χ1) is 17.1. The molecule has 0 fully saturated rings. The number of nitrogens with zero attached hydrogens (tertiary/aromatic N) is 2. The molecule has 11 heteroatoms. The summed E-state index contributed by atoms with van der Waals surface area (Å²) in [7, 11) is 0. The normalized spacial score (nSPS) is 11.1. The molecule has 1 heterocycles. The molecule has 184 valence electrons. The molecule has 36 heavy (non-hydrogen) atoms. The molecule has 1 aromatic heterocycles.